The molecule has 6 nitrogen and oxygen atoms in total. The Morgan fingerprint density at radius 2 is 1.87 bits per heavy atom. The molecule has 1 amide bonds. The minimum atomic E-state index is -0.113. The lowest BCUT2D eigenvalue weighted by atomic mass is 9.72. The highest BCUT2D eigenvalue weighted by molar-refractivity contribution is 7.99. The van der Waals surface area contributed by atoms with Gasteiger partial charge in [0, 0.05) is 22.0 Å². The van der Waals surface area contributed by atoms with Gasteiger partial charge >= 0.3 is 0 Å². The Morgan fingerprint density at radius 3 is 2.58 bits per heavy atom. The number of rotatable bonds is 6. The van der Waals surface area contributed by atoms with E-state index < -0.39 is 0 Å². The minimum absolute atomic E-state index is 0.113. The number of nitrogens with one attached hydrogen (secondary N) is 1. The van der Waals surface area contributed by atoms with E-state index in [9.17, 15) is 4.79 Å². The Morgan fingerprint density at radius 1 is 1.13 bits per heavy atom. The van der Waals surface area contributed by atoms with Gasteiger partial charge in [-0.1, -0.05) is 39.0 Å². The lowest BCUT2D eigenvalue weighted by molar-refractivity contribution is 0.102. The summed E-state index contributed by atoms with van der Waals surface area (Å²) >= 11 is 3.01. The number of aryl methyl sites for hydroxylation is 2. The third-order valence-corrected chi connectivity index (χ3v) is 8.74. The van der Waals surface area contributed by atoms with E-state index in [-0.39, 0.29) is 11.3 Å². The molecule has 38 heavy (non-hydrogen) atoms. The predicted octanol–water partition coefficient (Wildman–Crippen LogP) is 8.05. The predicted molar refractivity (Wildman–Crippen MR) is 155 cm³/mol. The Hall–Kier alpha value is -3.23. The van der Waals surface area contributed by atoms with Crippen LogP contribution >= 0.6 is 23.1 Å². The zero-order chi connectivity index (χ0) is 26.9. The third kappa shape index (κ3) is 6.08. The second-order valence-corrected chi connectivity index (χ2v) is 12.8. The number of furan rings is 1. The summed E-state index contributed by atoms with van der Waals surface area (Å²) in [6, 6.07) is 15.3. The fraction of sp³-hybridized carbons (Fsp3) is 0.333. The second kappa shape index (κ2) is 10.9. The standard InChI is InChI=1S/C30H32N4O2S2/c1-18-15-19(2)33-29(32-18)38-25-14-12-22(36-25)17-31-28-26(27(35)34-21-9-7-6-8-10-21)23-13-11-20(30(3,4)5)16-24(23)37-28/h6-10,12,14-15,17,20H,11,13,16H2,1-5H3,(H,34,35)/t20-/m0/s1. The van der Waals surface area contributed by atoms with Crippen molar-refractivity contribution in [2.75, 3.05) is 5.32 Å². The molecule has 1 atom stereocenters. The van der Waals surface area contributed by atoms with Crippen LogP contribution in [-0.2, 0) is 12.8 Å². The molecule has 1 aliphatic rings. The molecule has 3 heterocycles. The van der Waals surface area contributed by atoms with Crippen LogP contribution in [0.2, 0.25) is 0 Å². The van der Waals surface area contributed by atoms with Crippen molar-refractivity contribution >= 4 is 45.9 Å². The number of amides is 1. The maximum absolute atomic E-state index is 13.5. The first-order valence-electron chi connectivity index (χ1n) is 12.8. The van der Waals surface area contributed by atoms with Gasteiger partial charge in [0.2, 0.25) is 0 Å². The van der Waals surface area contributed by atoms with Crippen molar-refractivity contribution in [3.63, 3.8) is 0 Å². The zero-order valence-electron chi connectivity index (χ0n) is 22.4. The highest BCUT2D eigenvalue weighted by Gasteiger charge is 2.33. The zero-order valence-corrected chi connectivity index (χ0v) is 24.0. The fourth-order valence-electron chi connectivity index (χ4n) is 4.76. The van der Waals surface area contributed by atoms with Gasteiger partial charge in [0.1, 0.15) is 10.8 Å². The molecule has 0 spiro atoms. The van der Waals surface area contributed by atoms with E-state index in [0.717, 1.165) is 46.9 Å². The maximum atomic E-state index is 13.5. The third-order valence-electron chi connectivity index (χ3n) is 6.79. The summed E-state index contributed by atoms with van der Waals surface area (Å²) in [4.78, 5) is 28.5. The number of nitrogens with zero attached hydrogens (tertiary/aromatic N) is 3. The van der Waals surface area contributed by atoms with Gasteiger partial charge in [0.25, 0.3) is 5.91 Å². The number of thiophene rings is 1. The molecule has 196 valence electrons. The molecule has 1 aliphatic carbocycles. The molecule has 0 bridgehead atoms. The van der Waals surface area contributed by atoms with Gasteiger partial charge in [0.05, 0.1) is 11.8 Å². The van der Waals surface area contributed by atoms with E-state index >= 15 is 0 Å². The Bertz CT molecular complexity index is 1460. The first-order valence-corrected chi connectivity index (χ1v) is 14.4. The largest absolute Gasteiger partial charge is 0.448 e. The van der Waals surface area contributed by atoms with E-state index in [2.05, 4.69) is 36.1 Å². The van der Waals surface area contributed by atoms with Crippen LogP contribution < -0.4 is 5.32 Å². The first-order chi connectivity index (χ1) is 18.2. The van der Waals surface area contributed by atoms with Gasteiger partial charge in [0.15, 0.2) is 10.2 Å². The minimum Gasteiger partial charge on any atom is -0.448 e. The van der Waals surface area contributed by atoms with Gasteiger partial charge < -0.3 is 9.73 Å². The number of para-hydroxylation sites is 1. The van der Waals surface area contributed by atoms with Crippen molar-refractivity contribution in [1.82, 2.24) is 9.97 Å². The quantitative estimate of drug-likeness (QED) is 0.196. The molecule has 0 saturated heterocycles. The number of benzene rings is 1. The summed E-state index contributed by atoms with van der Waals surface area (Å²) in [5.74, 6) is 1.08. The average Bonchev–Trinajstić information content (AvgIpc) is 3.45. The molecule has 8 heteroatoms. The fourth-order valence-corrected chi connectivity index (χ4v) is 6.86. The van der Waals surface area contributed by atoms with Crippen molar-refractivity contribution in [3.8, 4) is 0 Å². The van der Waals surface area contributed by atoms with E-state index in [1.807, 2.05) is 62.4 Å². The summed E-state index contributed by atoms with van der Waals surface area (Å²) in [5, 5.41) is 5.14. The normalized spacial score (nSPS) is 15.6. The molecule has 1 aromatic carbocycles. The Labute approximate surface area is 232 Å². The van der Waals surface area contributed by atoms with Crippen molar-refractivity contribution in [2.45, 2.75) is 64.1 Å². The lowest BCUT2D eigenvalue weighted by Gasteiger charge is -2.33. The summed E-state index contributed by atoms with van der Waals surface area (Å²) in [6.45, 7) is 10.8. The highest BCUT2D eigenvalue weighted by atomic mass is 32.2. The van der Waals surface area contributed by atoms with Gasteiger partial charge in [-0.3, -0.25) is 4.79 Å². The molecule has 0 unspecified atom stereocenters. The molecule has 0 radical (unpaired) electrons. The monoisotopic (exact) mass is 544 g/mol. The number of aromatic nitrogens is 2. The molecular weight excluding hydrogens is 512 g/mol. The van der Waals surface area contributed by atoms with Crippen LogP contribution in [0, 0.1) is 25.2 Å². The topological polar surface area (TPSA) is 80.4 Å². The number of hydrogen-bond donors (Lipinski definition) is 1. The number of fused-ring (bicyclic) bond motifs is 1. The van der Waals surface area contributed by atoms with Crippen LogP contribution in [-0.4, -0.2) is 22.1 Å². The molecular formula is C30H32N4O2S2. The van der Waals surface area contributed by atoms with Crippen molar-refractivity contribution in [1.29, 1.82) is 0 Å². The summed E-state index contributed by atoms with van der Waals surface area (Å²) in [7, 11) is 0. The van der Waals surface area contributed by atoms with Gasteiger partial charge in [-0.25, -0.2) is 15.0 Å². The van der Waals surface area contributed by atoms with Gasteiger partial charge in [-0.05, 0) is 92.1 Å². The number of aliphatic imine (C=N–C) groups is 1. The molecule has 3 aromatic heterocycles. The Kier molecular flexibility index (Phi) is 7.54. The van der Waals surface area contributed by atoms with Crippen LogP contribution in [0.15, 0.2) is 68.2 Å². The average molecular weight is 545 g/mol. The molecule has 4 aromatic rings. The highest BCUT2D eigenvalue weighted by Crippen LogP contribution is 2.45. The van der Waals surface area contributed by atoms with E-state index in [1.165, 1.54) is 16.6 Å². The van der Waals surface area contributed by atoms with Crippen LogP contribution in [0.4, 0.5) is 10.7 Å². The molecule has 0 aliphatic heterocycles. The summed E-state index contributed by atoms with van der Waals surface area (Å²) in [6.07, 6.45) is 4.63. The Balaban J connectivity index is 1.42. The molecule has 1 N–H and O–H groups in total. The van der Waals surface area contributed by atoms with Crippen molar-refractivity contribution in [3.05, 3.63) is 81.7 Å². The molecule has 5 rings (SSSR count). The number of carbonyl (C=O) groups is 1. The number of anilines is 1. The maximum Gasteiger partial charge on any atom is 0.259 e. The van der Waals surface area contributed by atoms with Gasteiger partial charge in [-0.15, -0.1) is 11.3 Å². The van der Waals surface area contributed by atoms with Crippen LogP contribution in [0.3, 0.4) is 0 Å². The smallest absolute Gasteiger partial charge is 0.259 e. The van der Waals surface area contributed by atoms with Crippen LogP contribution in [0.5, 0.6) is 0 Å². The van der Waals surface area contributed by atoms with Crippen LogP contribution in [0.25, 0.3) is 0 Å². The second-order valence-electron chi connectivity index (χ2n) is 10.8. The van der Waals surface area contributed by atoms with Crippen molar-refractivity contribution in [2.24, 2.45) is 16.3 Å². The SMILES string of the molecule is Cc1cc(C)nc(Sc2ccc(C=Nc3sc4c(c3C(=O)Nc3ccccc3)CC[C@H](C(C)(C)C)C4)o2)n1. The molecule has 0 saturated carbocycles. The number of carbonyl (C=O) groups excluding carboxylic acids is 1. The lowest BCUT2D eigenvalue weighted by Crippen LogP contribution is -2.27. The van der Waals surface area contributed by atoms with E-state index in [1.54, 1.807) is 17.6 Å². The van der Waals surface area contributed by atoms with Crippen LogP contribution in [0.1, 0.15) is 65.1 Å². The van der Waals surface area contributed by atoms with E-state index in [4.69, 9.17) is 9.41 Å². The van der Waals surface area contributed by atoms with Gasteiger partial charge in [-0.2, -0.15) is 0 Å². The molecule has 0 fully saturated rings. The number of hydrogen-bond acceptors (Lipinski definition) is 7. The first kappa shape index (κ1) is 26.4. The van der Waals surface area contributed by atoms with Crippen molar-refractivity contribution < 1.29 is 9.21 Å². The van der Waals surface area contributed by atoms with E-state index in [0.29, 0.717) is 27.5 Å². The summed E-state index contributed by atoms with van der Waals surface area (Å²) in [5.41, 5.74) is 4.66. The summed E-state index contributed by atoms with van der Waals surface area (Å²) < 4.78 is 5.99.